The standard InChI is InChI=1S/C24H31N7O2S2.Cu/c1-5-29(6-2)23(34)27-25-21(18-12-10-9-11-13-18)22(26-28-24(35)30(7-3)8-4)19-14-16-20(17-15-19)31(32)33;/h9-17H,5-8H2,1-4H3,(H,27,34)(H,28,35);/q;+2/p-2. The smallest absolute Gasteiger partial charge is 0.741 e. The first-order valence-corrected chi connectivity index (χ1v) is 12.1. The number of nitro groups is 1. The molecule has 2 aromatic carbocycles. The van der Waals surface area contributed by atoms with Crippen molar-refractivity contribution in [3.05, 3.63) is 75.8 Å². The Hall–Kier alpha value is -2.92. The van der Waals surface area contributed by atoms with Crippen molar-refractivity contribution < 1.29 is 22.0 Å². The van der Waals surface area contributed by atoms with Crippen LogP contribution in [0.3, 0.4) is 0 Å². The quantitative estimate of drug-likeness (QED) is 0.105. The van der Waals surface area contributed by atoms with Gasteiger partial charge in [0.25, 0.3) is 5.69 Å². The molecule has 1 radical (unpaired) electrons. The number of amidine groups is 2. The second-order valence-corrected chi connectivity index (χ2v) is 7.91. The van der Waals surface area contributed by atoms with E-state index in [-0.39, 0.29) is 22.8 Å². The van der Waals surface area contributed by atoms with Crippen LogP contribution in [0.5, 0.6) is 0 Å². The van der Waals surface area contributed by atoms with Gasteiger partial charge in [-0.1, -0.05) is 30.3 Å². The van der Waals surface area contributed by atoms with Gasteiger partial charge in [-0.15, -0.1) is 10.2 Å². The third-order valence-electron chi connectivity index (χ3n) is 5.16. The van der Waals surface area contributed by atoms with Crippen molar-refractivity contribution in [1.82, 2.24) is 9.80 Å². The van der Waals surface area contributed by atoms with Gasteiger partial charge in [0.05, 0.1) is 4.92 Å². The zero-order chi connectivity index (χ0) is 25.8. The summed E-state index contributed by atoms with van der Waals surface area (Å²) in [4.78, 5) is 14.5. The summed E-state index contributed by atoms with van der Waals surface area (Å²) in [6, 6.07) is 15.4. The molecule has 36 heavy (non-hydrogen) atoms. The first-order valence-electron chi connectivity index (χ1n) is 11.3. The SMILES string of the molecule is CCN(CC)C([S-])=NN=C(C(=NN=C([S-])N(CC)CC)c1ccc([N+](=O)[O-])cc1)c1ccccc1.[Cu+2]. The Balaban J connectivity index is 0.00000648. The Morgan fingerprint density at radius 2 is 1.11 bits per heavy atom. The molecule has 2 aromatic rings. The third kappa shape index (κ3) is 8.63. The molecule has 0 saturated carbocycles. The topological polar surface area (TPSA) is 99.1 Å². The van der Waals surface area contributed by atoms with Crippen molar-refractivity contribution in [2.75, 3.05) is 26.2 Å². The van der Waals surface area contributed by atoms with Crippen molar-refractivity contribution in [1.29, 1.82) is 0 Å². The molecule has 0 N–H and O–H groups in total. The zero-order valence-electron chi connectivity index (χ0n) is 20.6. The van der Waals surface area contributed by atoms with Crippen LogP contribution < -0.4 is 0 Å². The fourth-order valence-electron chi connectivity index (χ4n) is 3.12. The van der Waals surface area contributed by atoms with E-state index in [1.807, 2.05) is 67.8 Å². The summed E-state index contributed by atoms with van der Waals surface area (Å²) < 4.78 is 0. The molecule has 0 aliphatic rings. The number of non-ortho nitro benzene ring substituents is 1. The van der Waals surface area contributed by atoms with Crippen molar-refractivity contribution in [2.45, 2.75) is 27.7 Å². The van der Waals surface area contributed by atoms with E-state index in [0.717, 1.165) is 5.56 Å². The summed E-state index contributed by atoms with van der Waals surface area (Å²) in [7, 11) is 0. The molecule has 0 fully saturated rings. The molecule has 0 bridgehead atoms. The Morgan fingerprint density at radius 3 is 1.47 bits per heavy atom. The predicted molar refractivity (Wildman–Crippen MR) is 148 cm³/mol. The van der Waals surface area contributed by atoms with Crippen LogP contribution in [0.4, 0.5) is 5.69 Å². The number of nitro benzene ring substituents is 1. The van der Waals surface area contributed by atoms with E-state index < -0.39 is 4.92 Å². The van der Waals surface area contributed by atoms with Crippen LogP contribution in [0.25, 0.3) is 0 Å². The molecular formula is C24H29CuN7O2S2. The average molecular weight is 575 g/mol. The molecule has 0 atom stereocenters. The Labute approximate surface area is 233 Å². The van der Waals surface area contributed by atoms with Crippen LogP contribution in [-0.4, -0.2) is 62.7 Å². The summed E-state index contributed by atoms with van der Waals surface area (Å²) in [5, 5.41) is 29.4. The molecule has 195 valence electrons. The van der Waals surface area contributed by atoms with Crippen molar-refractivity contribution in [2.24, 2.45) is 20.4 Å². The van der Waals surface area contributed by atoms with E-state index in [1.165, 1.54) is 12.1 Å². The normalized spacial score (nSPS) is 12.7. The van der Waals surface area contributed by atoms with Gasteiger partial charge < -0.3 is 35.1 Å². The average Bonchev–Trinajstić information content (AvgIpc) is 2.88. The number of benzene rings is 2. The first kappa shape index (κ1) is 31.1. The van der Waals surface area contributed by atoms with Crippen molar-refractivity contribution in [3.63, 3.8) is 0 Å². The summed E-state index contributed by atoms with van der Waals surface area (Å²) >= 11 is 10.9. The van der Waals surface area contributed by atoms with Gasteiger partial charge in [0, 0.05) is 59.8 Å². The van der Waals surface area contributed by atoms with Gasteiger partial charge in [0.15, 0.2) is 0 Å². The van der Waals surface area contributed by atoms with Crippen LogP contribution in [-0.2, 0) is 42.3 Å². The van der Waals surface area contributed by atoms with E-state index in [4.69, 9.17) is 25.3 Å². The van der Waals surface area contributed by atoms with Crippen LogP contribution in [0.2, 0.25) is 0 Å². The molecule has 0 aliphatic heterocycles. The maximum absolute atomic E-state index is 11.2. The zero-order valence-corrected chi connectivity index (χ0v) is 23.2. The van der Waals surface area contributed by atoms with Crippen LogP contribution in [0, 0.1) is 10.1 Å². The second-order valence-electron chi connectivity index (χ2n) is 7.18. The fraction of sp³-hybridized carbons (Fsp3) is 0.333. The van der Waals surface area contributed by atoms with E-state index in [1.54, 1.807) is 12.1 Å². The summed E-state index contributed by atoms with van der Waals surface area (Å²) in [5.41, 5.74) is 2.06. The maximum atomic E-state index is 11.2. The van der Waals surface area contributed by atoms with Gasteiger partial charge in [-0.05, 0) is 39.8 Å². The maximum Gasteiger partial charge on any atom is 2.00 e. The predicted octanol–water partition coefficient (Wildman–Crippen LogP) is 4.19. The van der Waals surface area contributed by atoms with Crippen molar-refractivity contribution >= 4 is 52.7 Å². The molecule has 0 amide bonds. The fourth-order valence-corrected chi connectivity index (χ4v) is 3.72. The molecule has 0 aliphatic carbocycles. The van der Waals surface area contributed by atoms with Crippen LogP contribution >= 0.6 is 0 Å². The number of hydrogen-bond acceptors (Lipinski definition) is 8. The summed E-state index contributed by atoms with van der Waals surface area (Å²) in [5.74, 6) is 0. The third-order valence-corrected chi connectivity index (χ3v) is 5.84. The van der Waals surface area contributed by atoms with E-state index in [2.05, 4.69) is 20.4 Å². The minimum Gasteiger partial charge on any atom is -0.741 e. The minimum absolute atomic E-state index is 0. The monoisotopic (exact) mass is 574 g/mol. The summed E-state index contributed by atoms with van der Waals surface area (Å²) in [6.07, 6.45) is 0. The van der Waals surface area contributed by atoms with E-state index in [0.29, 0.717) is 53.5 Å². The van der Waals surface area contributed by atoms with Crippen molar-refractivity contribution in [3.8, 4) is 0 Å². The van der Waals surface area contributed by atoms with E-state index in [9.17, 15) is 10.1 Å². The van der Waals surface area contributed by atoms with E-state index >= 15 is 0 Å². The van der Waals surface area contributed by atoms with Crippen LogP contribution in [0.15, 0.2) is 75.0 Å². The molecule has 9 nitrogen and oxygen atoms in total. The molecule has 2 rings (SSSR count). The number of rotatable bonds is 10. The van der Waals surface area contributed by atoms with Gasteiger partial charge in [-0.2, -0.15) is 10.2 Å². The summed E-state index contributed by atoms with van der Waals surface area (Å²) in [6.45, 7) is 10.7. The Bertz CT molecular complexity index is 1100. The van der Waals surface area contributed by atoms with Gasteiger partial charge in [0.1, 0.15) is 11.4 Å². The van der Waals surface area contributed by atoms with Gasteiger partial charge >= 0.3 is 17.1 Å². The minimum atomic E-state index is -0.454. The molecule has 12 heteroatoms. The number of nitrogens with zero attached hydrogens (tertiary/aromatic N) is 7. The molecule has 0 heterocycles. The number of hydrogen-bond donors (Lipinski definition) is 0. The largest absolute Gasteiger partial charge is 2.00 e. The van der Waals surface area contributed by atoms with Gasteiger partial charge in [0.2, 0.25) is 0 Å². The van der Waals surface area contributed by atoms with Gasteiger partial charge in [-0.25, -0.2) is 0 Å². The van der Waals surface area contributed by atoms with Gasteiger partial charge in [-0.3, -0.25) is 10.1 Å². The molecule has 0 unspecified atom stereocenters. The Kier molecular flexibility index (Phi) is 13.8. The Morgan fingerprint density at radius 1 is 0.722 bits per heavy atom. The molecular weight excluding hydrogens is 546 g/mol. The molecule has 0 saturated heterocycles. The molecule has 0 spiro atoms. The first-order chi connectivity index (χ1) is 16.9. The second kappa shape index (κ2) is 15.9. The molecule has 0 aromatic heterocycles. The van der Waals surface area contributed by atoms with Crippen LogP contribution in [0.1, 0.15) is 38.8 Å².